The highest BCUT2D eigenvalue weighted by molar-refractivity contribution is 6.07. The Kier molecular flexibility index (Phi) is 5.16. The van der Waals surface area contributed by atoms with Gasteiger partial charge in [0.05, 0.1) is 0 Å². The van der Waals surface area contributed by atoms with Gasteiger partial charge in [-0.3, -0.25) is 9.69 Å². The molecule has 0 aliphatic carbocycles. The lowest BCUT2D eigenvalue weighted by Gasteiger charge is -2.23. The van der Waals surface area contributed by atoms with Crippen LogP contribution in [0.1, 0.15) is 22.3 Å². The van der Waals surface area contributed by atoms with Gasteiger partial charge >= 0.3 is 0 Å². The van der Waals surface area contributed by atoms with E-state index in [1.165, 1.54) is 6.07 Å². The quantitative estimate of drug-likeness (QED) is 0.692. The van der Waals surface area contributed by atoms with E-state index in [2.05, 4.69) is 4.90 Å². The molecule has 0 aromatic heterocycles. The topological polar surface area (TPSA) is 23.6 Å². The molecule has 0 bridgehead atoms. The molecule has 3 aromatic rings. The highest BCUT2D eigenvalue weighted by Crippen LogP contribution is 2.21. The van der Waals surface area contributed by atoms with Gasteiger partial charge in [0.2, 0.25) is 0 Å². The number of carbonyl (C=O) groups is 1. The second-order valence-corrected chi connectivity index (χ2v) is 7.04. The van der Waals surface area contributed by atoms with Crippen molar-refractivity contribution in [1.82, 2.24) is 9.80 Å². The second kappa shape index (κ2) is 7.89. The minimum absolute atomic E-state index is 0.0829. The SMILES string of the molecule is O=C(c1cccc2ccccc12)N1CCCN(Cc2ccccc2F)CC1. The van der Waals surface area contributed by atoms with Crippen LogP contribution in [0.4, 0.5) is 4.39 Å². The van der Waals surface area contributed by atoms with Gasteiger partial charge in [-0.1, -0.05) is 54.6 Å². The predicted molar refractivity (Wildman–Crippen MR) is 106 cm³/mol. The van der Waals surface area contributed by atoms with Crippen molar-refractivity contribution < 1.29 is 9.18 Å². The number of benzene rings is 3. The lowest BCUT2D eigenvalue weighted by atomic mass is 10.0. The summed E-state index contributed by atoms with van der Waals surface area (Å²) in [6.07, 6.45) is 0.894. The van der Waals surface area contributed by atoms with Crippen LogP contribution in [0.2, 0.25) is 0 Å². The Hall–Kier alpha value is -2.72. The number of hydrogen-bond donors (Lipinski definition) is 0. The van der Waals surface area contributed by atoms with Crippen LogP contribution in [0, 0.1) is 5.82 Å². The molecule has 1 aliphatic heterocycles. The van der Waals surface area contributed by atoms with Gasteiger partial charge in [-0.15, -0.1) is 0 Å². The number of amides is 1. The molecule has 0 atom stereocenters. The third kappa shape index (κ3) is 3.86. The summed E-state index contributed by atoms with van der Waals surface area (Å²) in [5.41, 5.74) is 1.47. The minimum Gasteiger partial charge on any atom is -0.337 e. The average molecular weight is 362 g/mol. The molecular weight excluding hydrogens is 339 g/mol. The lowest BCUT2D eigenvalue weighted by Crippen LogP contribution is -2.35. The van der Waals surface area contributed by atoms with E-state index in [1.807, 2.05) is 59.5 Å². The Balaban J connectivity index is 1.48. The average Bonchev–Trinajstić information content (AvgIpc) is 2.94. The molecule has 0 N–H and O–H groups in total. The molecule has 1 heterocycles. The van der Waals surface area contributed by atoms with Gasteiger partial charge in [0, 0.05) is 43.9 Å². The molecule has 3 nitrogen and oxygen atoms in total. The van der Waals surface area contributed by atoms with Gasteiger partial charge in [-0.25, -0.2) is 4.39 Å². The molecule has 1 fully saturated rings. The Labute approximate surface area is 159 Å². The van der Waals surface area contributed by atoms with Crippen molar-refractivity contribution in [2.75, 3.05) is 26.2 Å². The number of carbonyl (C=O) groups excluding carboxylic acids is 1. The highest BCUT2D eigenvalue weighted by atomic mass is 19.1. The van der Waals surface area contributed by atoms with Gasteiger partial charge in [-0.05, 0) is 29.3 Å². The number of rotatable bonds is 3. The fraction of sp³-hybridized carbons (Fsp3) is 0.261. The van der Waals surface area contributed by atoms with Gasteiger partial charge in [0.25, 0.3) is 5.91 Å². The summed E-state index contributed by atoms with van der Waals surface area (Å²) in [7, 11) is 0. The molecule has 4 rings (SSSR count). The molecule has 0 radical (unpaired) electrons. The minimum atomic E-state index is -0.162. The second-order valence-electron chi connectivity index (χ2n) is 7.04. The molecule has 27 heavy (non-hydrogen) atoms. The molecule has 3 aromatic carbocycles. The summed E-state index contributed by atoms with van der Waals surface area (Å²) in [6, 6.07) is 20.8. The van der Waals surface area contributed by atoms with Crippen molar-refractivity contribution >= 4 is 16.7 Å². The van der Waals surface area contributed by atoms with Crippen LogP contribution >= 0.6 is 0 Å². The maximum atomic E-state index is 13.9. The molecule has 0 spiro atoms. The van der Waals surface area contributed by atoms with Gasteiger partial charge in [-0.2, -0.15) is 0 Å². The van der Waals surface area contributed by atoms with Crippen LogP contribution in [-0.2, 0) is 6.54 Å². The smallest absolute Gasteiger partial charge is 0.254 e. The van der Waals surface area contributed by atoms with E-state index < -0.39 is 0 Å². The Morgan fingerprint density at radius 3 is 2.52 bits per heavy atom. The van der Waals surface area contributed by atoms with Crippen molar-refractivity contribution in [3.8, 4) is 0 Å². The van der Waals surface area contributed by atoms with E-state index in [4.69, 9.17) is 0 Å². The molecule has 1 aliphatic rings. The summed E-state index contributed by atoms with van der Waals surface area (Å²) in [5, 5.41) is 2.08. The van der Waals surface area contributed by atoms with E-state index in [0.29, 0.717) is 18.7 Å². The van der Waals surface area contributed by atoms with Gasteiger partial charge in [0.15, 0.2) is 0 Å². The Morgan fingerprint density at radius 1 is 0.852 bits per heavy atom. The van der Waals surface area contributed by atoms with Crippen LogP contribution in [0.25, 0.3) is 10.8 Å². The fourth-order valence-electron chi connectivity index (χ4n) is 3.78. The van der Waals surface area contributed by atoms with E-state index >= 15 is 0 Å². The van der Waals surface area contributed by atoms with Crippen LogP contribution in [0.3, 0.4) is 0 Å². The number of hydrogen-bond acceptors (Lipinski definition) is 2. The van der Waals surface area contributed by atoms with Crippen molar-refractivity contribution in [2.45, 2.75) is 13.0 Å². The first-order valence-electron chi connectivity index (χ1n) is 9.45. The largest absolute Gasteiger partial charge is 0.337 e. The summed E-state index contributed by atoms with van der Waals surface area (Å²) < 4.78 is 13.9. The van der Waals surface area contributed by atoms with E-state index in [-0.39, 0.29) is 11.7 Å². The van der Waals surface area contributed by atoms with Crippen molar-refractivity contribution in [2.24, 2.45) is 0 Å². The maximum Gasteiger partial charge on any atom is 0.254 e. The standard InChI is InChI=1S/C23H23FN2O/c24-22-12-4-2-8-19(22)17-25-13-6-14-26(16-15-25)23(27)21-11-5-9-18-7-1-3-10-20(18)21/h1-5,7-12H,6,13-17H2. The molecule has 1 saturated heterocycles. The predicted octanol–water partition coefficient (Wildman–Crippen LogP) is 4.33. The Bertz CT molecular complexity index is 951. The van der Waals surface area contributed by atoms with E-state index in [9.17, 15) is 9.18 Å². The fourth-order valence-corrected chi connectivity index (χ4v) is 3.78. The molecule has 0 unspecified atom stereocenters. The Morgan fingerprint density at radius 2 is 1.63 bits per heavy atom. The summed E-state index contributed by atoms with van der Waals surface area (Å²) in [5.74, 6) is -0.0787. The number of halogens is 1. The number of nitrogens with zero attached hydrogens (tertiary/aromatic N) is 2. The first-order valence-corrected chi connectivity index (χ1v) is 9.45. The third-order valence-corrected chi connectivity index (χ3v) is 5.25. The van der Waals surface area contributed by atoms with Gasteiger partial charge < -0.3 is 4.90 Å². The first kappa shape index (κ1) is 17.7. The summed E-state index contributed by atoms with van der Waals surface area (Å²) in [6.45, 7) is 3.60. The van der Waals surface area contributed by atoms with Crippen LogP contribution in [0.5, 0.6) is 0 Å². The van der Waals surface area contributed by atoms with E-state index in [1.54, 1.807) is 6.07 Å². The molecule has 138 valence electrons. The van der Waals surface area contributed by atoms with Crippen LogP contribution in [-0.4, -0.2) is 41.9 Å². The zero-order chi connectivity index (χ0) is 18.6. The molecule has 4 heteroatoms. The third-order valence-electron chi connectivity index (χ3n) is 5.25. The van der Waals surface area contributed by atoms with Crippen molar-refractivity contribution in [3.63, 3.8) is 0 Å². The van der Waals surface area contributed by atoms with Crippen LogP contribution in [0.15, 0.2) is 66.7 Å². The molecule has 0 saturated carbocycles. The maximum absolute atomic E-state index is 13.9. The monoisotopic (exact) mass is 362 g/mol. The normalized spacial score (nSPS) is 15.7. The highest BCUT2D eigenvalue weighted by Gasteiger charge is 2.22. The van der Waals surface area contributed by atoms with E-state index in [0.717, 1.165) is 42.4 Å². The van der Waals surface area contributed by atoms with Crippen LogP contribution < -0.4 is 0 Å². The zero-order valence-electron chi connectivity index (χ0n) is 15.3. The first-order chi connectivity index (χ1) is 13.2. The van der Waals surface area contributed by atoms with Crippen molar-refractivity contribution in [3.05, 3.63) is 83.7 Å². The lowest BCUT2D eigenvalue weighted by molar-refractivity contribution is 0.0763. The zero-order valence-corrected chi connectivity index (χ0v) is 15.3. The molecular formula is C23H23FN2O. The summed E-state index contributed by atoms with van der Waals surface area (Å²) in [4.78, 5) is 17.3. The molecule has 1 amide bonds. The summed E-state index contributed by atoms with van der Waals surface area (Å²) >= 11 is 0. The number of fused-ring (bicyclic) bond motifs is 1. The van der Waals surface area contributed by atoms with Crippen molar-refractivity contribution in [1.29, 1.82) is 0 Å². The van der Waals surface area contributed by atoms with Gasteiger partial charge in [0.1, 0.15) is 5.82 Å².